The number of hydrogen-bond donors (Lipinski definition) is 1. The van der Waals surface area contributed by atoms with Crippen molar-refractivity contribution in [2.45, 2.75) is 43.8 Å². The third-order valence-electron chi connectivity index (χ3n) is 4.95. The Bertz CT molecular complexity index is 543. The molecule has 1 N–H and O–H groups in total. The number of carbonyl (C=O) groups excluding carboxylic acids is 1. The van der Waals surface area contributed by atoms with Crippen molar-refractivity contribution in [2.75, 3.05) is 27.4 Å². The van der Waals surface area contributed by atoms with Crippen LogP contribution in [0.5, 0.6) is 5.75 Å². The molecule has 0 aliphatic carbocycles. The molecule has 2 unspecified atom stereocenters. The van der Waals surface area contributed by atoms with Gasteiger partial charge in [0.25, 0.3) is 5.91 Å². The third kappa shape index (κ3) is 4.41. The van der Waals surface area contributed by atoms with Crippen molar-refractivity contribution in [3.05, 3.63) is 29.8 Å². The van der Waals surface area contributed by atoms with Crippen LogP contribution in [0.15, 0.2) is 24.3 Å². The van der Waals surface area contributed by atoms with Crippen LogP contribution in [-0.2, 0) is 4.74 Å². The molecule has 0 saturated carbocycles. The molecule has 0 spiro atoms. The van der Waals surface area contributed by atoms with Crippen LogP contribution in [0, 0.1) is 0 Å². The van der Waals surface area contributed by atoms with Crippen molar-refractivity contribution in [3.63, 3.8) is 0 Å². The van der Waals surface area contributed by atoms with Gasteiger partial charge < -0.3 is 19.7 Å². The molecule has 5 nitrogen and oxygen atoms in total. The molecule has 2 heterocycles. The van der Waals surface area contributed by atoms with E-state index in [2.05, 4.69) is 5.32 Å². The first kappa shape index (κ1) is 19.0. The molecule has 6 heteroatoms. The molecule has 24 heavy (non-hydrogen) atoms. The molecule has 1 amide bonds. The van der Waals surface area contributed by atoms with E-state index in [1.807, 2.05) is 36.2 Å². The highest BCUT2D eigenvalue weighted by atomic mass is 35.5. The zero-order valence-electron chi connectivity index (χ0n) is 14.4. The molecule has 3 rings (SSSR count). The van der Waals surface area contributed by atoms with Gasteiger partial charge in [0.15, 0.2) is 0 Å². The number of fused-ring (bicyclic) bond motifs is 2. The summed E-state index contributed by atoms with van der Waals surface area (Å²) in [4.78, 5) is 14.7. The summed E-state index contributed by atoms with van der Waals surface area (Å²) in [6.07, 6.45) is 4.60. The van der Waals surface area contributed by atoms with Crippen LogP contribution in [0.25, 0.3) is 0 Å². The molecule has 2 aliphatic heterocycles. The van der Waals surface area contributed by atoms with Crippen molar-refractivity contribution >= 4 is 18.3 Å². The summed E-state index contributed by atoms with van der Waals surface area (Å²) in [6, 6.07) is 8.92. The smallest absolute Gasteiger partial charge is 0.253 e. The Balaban J connectivity index is 0.00000208. The summed E-state index contributed by atoms with van der Waals surface area (Å²) in [7, 11) is 3.57. The molecule has 1 aromatic rings. The van der Waals surface area contributed by atoms with Crippen LogP contribution in [0.4, 0.5) is 0 Å². The van der Waals surface area contributed by atoms with Gasteiger partial charge >= 0.3 is 0 Å². The number of carbonyl (C=O) groups is 1. The summed E-state index contributed by atoms with van der Waals surface area (Å²) >= 11 is 0. The second kappa shape index (κ2) is 8.70. The number of benzene rings is 1. The van der Waals surface area contributed by atoms with Gasteiger partial charge in [-0.3, -0.25) is 4.79 Å². The molecule has 0 radical (unpaired) electrons. The first-order chi connectivity index (χ1) is 11.2. The quantitative estimate of drug-likeness (QED) is 0.797. The predicted molar refractivity (Wildman–Crippen MR) is 96.1 cm³/mol. The average molecular weight is 355 g/mol. The van der Waals surface area contributed by atoms with E-state index < -0.39 is 0 Å². The van der Waals surface area contributed by atoms with Crippen molar-refractivity contribution in [1.82, 2.24) is 10.2 Å². The highest BCUT2D eigenvalue weighted by Crippen LogP contribution is 2.30. The standard InChI is InChI=1S/C18H26N2O3.ClH/c1-20(16-11-14-6-7-15(12-16)19-14)18(21)13-4-3-5-17(10-13)23-9-8-22-2;/h3-5,10,14-16,19H,6-9,11-12H2,1-2H3;1H. The molecule has 1 aromatic carbocycles. The van der Waals surface area contributed by atoms with Crippen molar-refractivity contribution < 1.29 is 14.3 Å². The summed E-state index contributed by atoms with van der Waals surface area (Å²) < 4.78 is 10.6. The van der Waals surface area contributed by atoms with Crippen LogP contribution in [0.1, 0.15) is 36.0 Å². The minimum absolute atomic E-state index is 0. The Morgan fingerprint density at radius 3 is 2.62 bits per heavy atom. The maximum atomic E-state index is 12.8. The maximum absolute atomic E-state index is 12.8. The first-order valence-corrected chi connectivity index (χ1v) is 8.42. The summed E-state index contributed by atoms with van der Waals surface area (Å²) in [5.41, 5.74) is 0.688. The van der Waals surface area contributed by atoms with E-state index in [0.29, 0.717) is 42.7 Å². The van der Waals surface area contributed by atoms with E-state index in [1.165, 1.54) is 12.8 Å². The van der Waals surface area contributed by atoms with Crippen LogP contribution in [-0.4, -0.2) is 56.3 Å². The lowest BCUT2D eigenvalue weighted by Crippen LogP contribution is -2.48. The highest BCUT2D eigenvalue weighted by molar-refractivity contribution is 5.94. The molecule has 2 saturated heterocycles. The number of nitrogens with one attached hydrogen (secondary N) is 1. The number of nitrogens with zero attached hydrogens (tertiary/aromatic N) is 1. The largest absolute Gasteiger partial charge is 0.491 e. The van der Waals surface area contributed by atoms with Gasteiger partial charge in [-0.05, 0) is 43.9 Å². The average Bonchev–Trinajstić information content (AvgIpc) is 2.92. The Hall–Kier alpha value is -1.30. The molecule has 134 valence electrons. The van der Waals surface area contributed by atoms with E-state index in [-0.39, 0.29) is 18.3 Å². The summed E-state index contributed by atoms with van der Waals surface area (Å²) in [6.45, 7) is 1.03. The van der Waals surface area contributed by atoms with E-state index in [4.69, 9.17) is 9.47 Å². The topological polar surface area (TPSA) is 50.8 Å². The summed E-state index contributed by atoms with van der Waals surface area (Å²) in [5.74, 6) is 0.792. The molecule has 2 atom stereocenters. The maximum Gasteiger partial charge on any atom is 0.253 e. The predicted octanol–water partition coefficient (Wildman–Crippen LogP) is 2.49. The Kier molecular flexibility index (Phi) is 6.90. The normalized spacial score (nSPS) is 25.0. The van der Waals surface area contributed by atoms with Crippen LogP contribution in [0.3, 0.4) is 0 Å². The van der Waals surface area contributed by atoms with Gasteiger partial charge in [-0.2, -0.15) is 0 Å². The van der Waals surface area contributed by atoms with Crippen molar-refractivity contribution in [2.24, 2.45) is 0 Å². The molecule has 2 aliphatic rings. The van der Waals surface area contributed by atoms with Crippen LogP contribution >= 0.6 is 12.4 Å². The van der Waals surface area contributed by atoms with Gasteiger partial charge in [0.05, 0.1) is 6.61 Å². The first-order valence-electron chi connectivity index (χ1n) is 8.42. The second-order valence-corrected chi connectivity index (χ2v) is 6.55. The van der Waals surface area contributed by atoms with Gasteiger partial charge in [0, 0.05) is 37.8 Å². The third-order valence-corrected chi connectivity index (χ3v) is 4.95. The zero-order valence-corrected chi connectivity index (χ0v) is 15.2. The molecule has 2 fully saturated rings. The Labute approximate surface area is 150 Å². The van der Waals surface area contributed by atoms with Crippen molar-refractivity contribution in [3.8, 4) is 5.75 Å². The lowest BCUT2D eigenvalue weighted by Gasteiger charge is -2.35. The van der Waals surface area contributed by atoms with Crippen molar-refractivity contribution in [1.29, 1.82) is 0 Å². The fourth-order valence-corrected chi connectivity index (χ4v) is 3.67. The minimum Gasteiger partial charge on any atom is -0.491 e. The van der Waals surface area contributed by atoms with Gasteiger partial charge in [0.1, 0.15) is 12.4 Å². The second-order valence-electron chi connectivity index (χ2n) is 6.55. The molecule has 2 bridgehead atoms. The fourth-order valence-electron chi connectivity index (χ4n) is 3.67. The molecular weight excluding hydrogens is 328 g/mol. The zero-order chi connectivity index (χ0) is 16.2. The summed E-state index contributed by atoms with van der Waals surface area (Å²) in [5, 5.41) is 3.62. The van der Waals surface area contributed by atoms with Crippen LogP contribution < -0.4 is 10.1 Å². The Morgan fingerprint density at radius 2 is 1.96 bits per heavy atom. The molecular formula is C18H27ClN2O3. The van der Waals surface area contributed by atoms with Gasteiger partial charge in [-0.25, -0.2) is 0 Å². The van der Waals surface area contributed by atoms with Gasteiger partial charge in [-0.1, -0.05) is 6.07 Å². The number of ether oxygens (including phenoxy) is 2. The number of hydrogen-bond acceptors (Lipinski definition) is 4. The van der Waals surface area contributed by atoms with Gasteiger partial charge in [-0.15, -0.1) is 12.4 Å². The number of halogens is 1. The SMILES string of the molecule is COCCOc1cccc(C(=O)N(C)C2CC3CCC(C2)N3)c1.Cl. The van der Waals surface area contributed by atoms with E-state index in [1.54, 1.807) is 7.11 Å². The van der Waals surface area contributed by atoms with E-state index >= 15 is 0 Å². The monoisotopic (exact) mass is 354 g/mol. The highest BCUT2D eigenvalue weighted by Gasteiger charge is 2.36. The number of rotatable bonds is 6. The number of amides is 1. The lowest BCUT2D eigenvalue weighted by molar-refractivity contribution is 0.0681. The van der Waals surface area contributed by atoms with E-state index in [0.717, 1.165) is 12.8 Å². The van der Waals surface area contributed by atoms with Gasteiger partial charge in [0.2, 0.25) is 0 Å². The number of piperidine rings is 1. The minimum atomic E-state index is 0. The van der Waals surface area contributed by atoms with E-state index in [9.17, 15) is 4.79 Å². The van der Waals surface area contributed by atoms with Crippen LogP contribution in [0.2, 0.25) is 0 Å². The number of methoxy groups -OCH3 is 1. The fraction of sp³-hybridized carbons (Fsp3) is 0.611. The lowest BCUT2D eigenvalue weighted by atomic mass is 9.98. The Morgan fingerprint density at radius 1 is 1.25 bits per heavy atom. The molecule has 0 aromatic heterocycles.